The van der Waals surface area contributed by atoms with Gasteiger partial charge in [0.05, 0.1) is 41.4 Å². The van der Waals surface area contributed by atoms with Crippen molar-refractivity contribution in [1.29, 1.82) is 5.26 Å². The van der Waals surface area contributed by atoms with Gasteiger partial charge in [0.25, 0.3) is 0 Å². The third-order valence-electron chi connectivity index (χ3n) is 2.84. The van der Waals surface area contributed by atoms with E-state index in [4.69, 9.17) is 11.0 Å². The summed E-state index contributed by atoms with van der Waals surface area (Å²) in [5.74, 6) is -0.433. The Kier molecular flexibility index (Phi) is 4.45. The van der Waals surface area contributed by atoms with Crippen LogP contribution in [-0.2, 0) is 4.74 Å². The maximum absolute atomic E-state index is 11.5. The van der Waals surface area contributed by atoms with Gasteiger partial charge < -0.3 is 15.8 Å². The van der Waals surface area contributed by atoms with Gasteiger partial charge in [-0.15, -0.1) is 0 Å². The van der Waals surface area contributed by atoms with E-state index in [9.17, 15) is 4.79 Å². The van der Waals surface area contributed by atoms with E-state index in [1.54, 1.807) is 36.4 Å². The van der Waals surface area contributed by atoms with Crippen LogP contribution in [0.3, 0.4) is 0 Å². The molecule has 0 heterocycles. The predicted octanol–water partition coefficient (Wildman–Crippen LogP) is 3.43. The molecule has 0 bridgehead atoms. The van der Waals surface area contributed by atoms with Gasteiger partial charge >= 0.3 is 5.97 Å². The quantitative estimate of drug-likeness (QED) is 0.657. The molecule has 0 aliphatic rings. The molecule has 0 aromatic heterocycles. The third-order valence-corrected chi connectivity index (χ3v) is 3.50. The van der Waals surface area contributed by atoms with Crippen molar-refractivity contribution in [3.63, 3.8) is 0 Å². The van der Waals surface area contributed by atoms with Crippen molar-refractivity contribution < 1.29 is 9.53 Å². The number of rotatable bonds is 3. The smallest absolute Gasteiger partial charge is 0.337 e. The highest BCUT2D eigenvalue weighted by molar-refractivity contribution is 9.10. The van der Waals surface area contributed by atoms with E-state index in [0.717, 1.165) is 10.2 Å². The van der Waals surface area contributed by atoms with Gasteiger partial charge in [-0.25, -0.2) is 4.79 Å². The lowest BCUT2D eigenvalue weighted by atomic mass is 10.1. The van der Waals surface area contributed by atoms with Gasteiger partial charge in [-0.2, -0.15) is 5.26 Å². The van der Waals surface area contributed by atoms with Gasteiger partial charge in [0.1, 0.15) is 0 Å². The van der Waals surface area contributed by atoms with Crippen LogP contribution in [0.15, 0.2) is 40.9 Å². The number of ether oxygens (including phenoxy) is 1. The summed E-state index contributed by atoms with van der Waals surface area (Å²) in [6, 6.07) is 12.0. The number of nitriles is 1. The normalized spacial score (nSPS) is 9.76. The Hall–Kier alpha value is -2.52. The van der Waals surface area contributed by atoms with Crippen LogP contribution in [0.5, 0.6) is 0 Å². The number of methoxy groups -OCH3 is 1. The van der Waals surface area contributed by atoms with E-state index >= 15 is 0 Å². The lowest BCUT2D eigenvalue weighted by Crippen LogP contribution is -2.04. The molecule has 0 aliphatic heterocycles. The number of nitrogens with zero attached hydrogens (tertiary/aromatic N) is 1. The Balaban J connectivity index is 2.35. The minimum atomic E-state index is -0.433. The molecule has 5 nitrogen and oxygen atoms in total. The zero-order valence-corrected chi connectivity index (χ0v) is 12.8. The number of hydrogen-bond donors (Lipinski definition) is 2. The Morgan fingerprint density at radius 2 is 2.05 bits per heavy atom. The van der Waals surface area contributed by atoms with Crippen LogP contribution in [0.2, 0.25) is 0 Å². The SMILES string of the molecule is COC(=O)c1ccc(N)c(Nc2ccc(C#N)cc2Br)c1. The lowest BCUT2D eigenvalue weighted by molar-refractivity contribution is 0.0601. The molecular formula is C15H12BrN3O2. The number of nitrogen functional groups attached to an aromatic ring is 1. The molecule has 0 radical (unpaired) electrons. The van der Waals surface area contributed by atoms with E-state index < -0.39 is 5.97 Å². The fraction of sp³-hybridized carbons (Fsp3) is 0.0667. The molecule has 3 N–H and O–H groups in total. The Bertz CT molecular complexity index is 738. The van der Waals surface area contributed by atoms with Crippen molar-refractivity contribution in [1.82, 2.24) is 0 Å². The molecule has 6 heteroatoms. The highest BCUT2D eigenvalue weighted by Crippen LogP contribution is 2.30. The average molecular weight is 346 g/mol. The summed E-state index contributed by atoms with van der Waals surface area (Å²) in [6.45, 7) is 0. The van der Waals surface area contributed by atoms with E-state index in [1.165, 1.54) is 7.11 Å². The first-order valence-electron chi connectivity index (χ1n) is 5.99. The number of halogens is 1. The van der Waals surface area contributed by atoms with E-state index in [0.29, 0.717) is 22.5 Å². The monoisotopic (exact) mass is 345 g/mol. The Morgan fingerprint density at radius 3 is 2.67 bits per heavy atom. The van der Waals surface area contributed by atoms with Crippen LogP contribution in [0.1, 0.15) is 15.9 Å². The van der Waals surface area contributed by atoms with Crippen LogP contribution in [-0.4, -0.2) is 13.1 Å². The van der Waals surface area contributed by atoms with Crippen molar-refractivity contribution in [2.24, 2.45) is 0 Å². The minimum Gasteiger partial charge on any atom is -0.465 e. The number of nitrogens with two attached hydrogens (primary N) is 1. The Morgan fingerprint density at radius 1 is 1.29 bits per heavy atom. The molecule has 2 aromatic carbocycles. The van der Waals surface area contributed by atoms with Crippen molar-refractivity contribution >= 4 is 39.0 Å². The van der Waals surface area contributed by atoms with Crippen LogP contribution in [0, 0.1) is 11.3 Å². The number of benzene rings is 2. The third kappa shape index (κ3) is 3.33. The van der Waals surface area contributed by atoms with Crippen molar-refractivity contribution in [3.8, 4) is 6.07 Å². The molecule has 0 unspecified atom stereocenters. The van der Waals surface area contributed by atoms with E-state index in [1.807, 2.05) is 0 Å². The molecule has 0 spiro atoms. The molecule has 0 saturated heterocycles. The molecule has 2 aromatic rings. The number of nitrogens with one attached hydrogen (secondary N) is 1. The number of carbonyl (C=O) groups is 1. The number of anilines is 3. The summed E-state index contributed by atoms with van der Waals surface area (Å²) in [5, 5.41) is 12.0. The Labute approximate surface area is 130 Å². The molecule has 0 saturated carbocycles. The second-order valence-corrected chi connectivity index (χ2v) is 5.08. The second kappa shape index (κ2) is 6.29. The zero-order valence-electron chi connectivity index (χ0n) is 11.2. The molecule has 0 fully saturated rings. The van der Waals surface area contributed by atoms with Gasteiger partial charge in [0, 0.05) is 4.47 Å². The topological polar surface area (TPSA) is 88.1 Å². The molecule has 21 heavy (non-hydrogen) atoms. The van der Waals surface area contributed by atoms with Gasteiger partial charge in [0.15, 0.2) is 0 Å². The molecule has 106 valence electrons. The maximum atomic E-state index is 11.5. The van der Waals surface area contributed by atoms with Crippen molar-refractivity contribution in [3.05, 3.63) is 52.0 Å². The zero-order chi connectivity index (χ0) is 15.4. The van der Waals surface area contributed by atoms with Gasteiger partial charge in [0.2, 0.25) is 0 Å². The maximum Gasteiger partial charge on any atom is 0.337 e. The van der Waals surface area contributed by atoms with Crippen molar-refractivity contribution in [2.45, 2.75) is 0 Å². The standard InChI is InChI=1S/C15H12BrN3O2/c1-21-15(20)10-3-4-12(18)14(7-10)19-13-5-2-9(8-17)6-11(13)16/h2-7,19H,18H2,1H3. The molecule has 0 amide bonds. The largest absolute Gasteiger partial charge is 0.465 e. The van der Waals surface area contributed by atoms with Gasteiger partial charge in [-0.3, -0.25) is 0 Å². The van der Waals surface area contributed by atoms with Crippen LogP contribution < -0.4 is 11.1 Å². The first kappa shape index (κ1) is 14.9. The minimum absolute atomic E-state index is 0.402. The summed E-state index contributed by atoms with van der Waals surface area (Å²) in [4.78, 5) is 11.5. The van der Waals surface area contributed by atoms with E-state index in [2.05, 4.69) is 32.1 Å². The lowest BCUT2D eigenvalue weighted by Gasteiger charge is -2.12. The first-order chi connectivity index (χ1) is 10.0. The fourth-order valence-electron chi connectivity index (χ4n) is 1.74. The number of carbonyl (C=O) groups excluding carboxylic acids is 1. The summed E-state index contributed by atoms with van der Waals surface area (Å²) < 4.78 is 5.41. The molecule has 2 rings (SSSR count). The molecule has 0 atom stereocenters. The van der Waals surface area contributed by atoms with Gasteiger partial charge in [-0.05, 0) is 52.3 Å². The average Bonchev–Trinajstić information content (AvgIpc) is 2.50. The summed E-state index contributed by atoms with van der Waals surface area (Å²) in [7, 11) is 1.32. The molecule has 0 aliphatic carbocycles. The van der Waals surface area contributed by atoms with Gasteiger partial charge in [-0.1, -0.05) is 0 Å². The first-order valence-corrected chi connectivity index (χ1v) is 6.79. The summed E-state index contributed by atoms with van der Waals surface area (Å²) in [5.41, 5.74) is 8.67. The van der Waals surface area contributed by atoms with E-state index in [-0.39, 0.29) is 0 Å². The summed E-state index contributed by atoms with van der Waals surface area (Å²) in [6.07, 6.45) is 0. The number of esters is 1. The number of hydrogen-bond acceptors (Lipinski definition) is 5. The van der Waals surface area contributed by atoms with Crippen LogP contribution >= 0.6 is 15.9 Å². The van der Waals surface area contributed by atoms with Crippen molar-refractivity contribution in [2.75, 3.05) is 18.2 Å². The molecular weight excluding hydrogens is 334 g/mol. The highest BCUT2D eigenvalue weighted by Gasteiger charge is 2.10. The van der Waals surface area contributed by atoms with Crippen LogP contribution in [0.4, 0.5) is 17.1 Å². The predicted molar refractivity (Wildman–Crippen MR) is 84.3 cm³/mol. The highest BCUT2D eigenvalue weighted by atomic mass is 79.9. The fourth-order valence-corrected chi connectivity index (χ4v) is 2.22. The second-order valence-electron chi connectivity index (χ2n) is 4.23. The summed E-state index contributed by atoms with van der Waals surface area (Å²) >= 11 is 3.39. The van der Waals surface area contributed by atoms with Crippen LogP contribution in [0.25, 0.3) is 0 Å².